The Hall–Kier alpha value is -2.55. The van der Waals surface area contributed by atoms with Crippen LogP contribution in [0.4, 0.5) is 5.69 Å². The predicted molar refractivity (Wildman–Crippen MR) is 74.1 cm³/mol. The lowest BCUT2D eigenvalue weighted by molar-refractivity contribution is 0.0697. The zero-order chi connectivity index (χ0) is 15.6. The smallest absolute Gasteiger partial charge is 0.337 e. The first kappa shape index (κ1) is 14.9. The largest absolute Gasteiger partial charge is 0.497 e. The van der Waals surface area contributed by atoms with Gasteiger partial charge in [0.25, 0.3) is 10.0 Å². The molecule has 1 aromatic carbocycles. The van der Waals surface area contributed by atoms with Gasteiger partial charge in [-0.1, -0.05) is 0 Å². The van der Waals surface area contributed by atoms with Crippen molar-refractivity contribution in [3.8, 4) is 5.75 Å². The van der Waals surface area contributed by atoms with E-state index < -0.39 is 16.0 Å². The molecule has 0 aliphatic heterocycles. The van der Waals surface area contributed by atoms with Crippen molar-refractivity contribution in [2.24, 2.45) is 0 Å². The number of carboxylic acids is 1. The second kappa shape index (κ2) is 5.44. The van der Waals surface area contributed by atoms with E-state index in [4.69, 9.17) is 9.84 Å². The Labute approximate surface area is 120 Å². The van der Waals surface area contributed by atoms with Crippen LogP contribution in [-0.4, -0.2) is 36.6 Å². The zero-order valence-electron chi connectivity index (χ0n) is 11.2. The minimum Gasteiger partial charge on any atom is -0.497 e. The van der Waals surface area contributed by atoms with Crippen molar-refractivity contribution in [2.45, 2.75) is 11.9 Å². The summed E-state index contributed by atoms with van der Waals surface area (Å²) >= 11 is 0. The third-order valence-electron chi connectivity index (χ3n) is 2.67. The number of imidazole rings is 1. The summed E-state index contributed by atoms with van der Waals surface area (Å²) in [6.07, 6.45) is 1.15. The Kier molecular flexibility index (Phi) is 3.85. The number of hydrogen-bond acceptors (Lipinski definition) is 5. The van der Waals surface area contributed by atoms with Gasteiger partial charge < -0.3 is 14.8 Å². The number of nitrogens with one attached hydrogen (secondary N) is 2. The second-order valence-corrected chi connectivity index (χ2v) is 5.81. The summed E-state index contributed by atoms with van der Waals surface area (Å²) in [6.45, 7) is 1.61. The van der Waals surface area contributed by atoms with Gasteiger partial charge in [0.05, 0.1) is 24.6 Å². The SMILES string of the molecule is COc1ccc(NS(=O)(=O)c2cnc(C)[nH]2)c(C(=O)O)c1. The minimum atomic E-state index is -3.94. The van der Waals surface area contributed by atoms with Gasteiger partial charge in [-0.15, -0.1) is 0 Å². The first-order valence-electron chi connectivity index (χ1n) is 5.79. The van der Waals surface area contributed by atoms with E-state index in [0.717, 1.165) is 6.20 Å². The molecular weight excluding hydrogens is 298 g/mol. The fraction of sp³-hybridized carbons (Fsp3) is 0.167. The molecule has 0 aliphatic rings. The number of carboxylic acid groups (broad SMARTS) is 1. The summed E-state index contributed by atoms with van der Waals surface area (Å²) in [5.74, 6) is -0.524. The Balaban J connectivity index is 2.41. The minimum absolute atomic E-state index is 0.0597. The van der Waals surface area contributed by atoms with Gasteiger partial charge in [-0.25, -0.2) is 9.78 Å². The van der Waals surface area contributed by atoms with Crippen molar-refractivity contribution in [3.05, 3.63) is 35.8 Å². The molecule has 0 saturated heterocycles. The maximum atomic E-state index is 12.1. The lowest BCUT2D eigenvalue weighted by Crippen LogP contribution is -2.16. The van der Waals surface area contributed by atoms with Crippen molar-refractivity contribution < 1.29 is 23.1 Å². The quantitative estimate of drug-likeness (QED) is 0.763. The first-order valence-corrected chi connectivity index (χ1v) is 7.27. The summed E-state index contributed by atoms with van der Waals surface area (Å²) in [6, 6.07) is 4.02. The molecule has 0 bridgehead atoms. The Morgan fingerprint density at radius 3 is 2.67 bits per heavy atom. The summed E-state index contributed by atoms with van der Waals surface area (Å²) in [5.41, 5.74) is -0.273. The van der Waals surface area contributed by atoms with E-state index in [1.807, 2.05) is 0 Å². The molecule has 0 spiro atoms. The van der Waals surface area contributed by atoms with E-state index in [1.54, 1.807) is 6.92 Å². The van der Waals surface area contributed by atoms with Gasteiger partial charge in [0.2, 0.25) is 0 Å². The van der Waals surface area contributed by atoms with Gasteiger partial charge in [-0.3, -0.25) is 4.72 Å². The number of aryl methyl sites for hydroxylation is 1. The molecule has 0 aliphatic carbocycles. The van der Waals surface area contributed by atoms with E-state index in [2.05, 4.69) is 14.7 Å². The number of nitrogens with zero attached hydrogens (tertiary/aromatic N) is 1. The maximum Gasteiger partial charge on any atom is 0.337 e. The third-order valence-corrected chi connectivity index (χ3v) is 3.95. The van der Waals surface area contributed by atoms with Crippen molar-refractivity contribution in [2.75, 3.05) is 11.8 Å². The number of carbonyl (C=O) groups is 1. The molecule has 1 aromatic heterocycles. The van der Waals surface area contributed by atoms with Crippen LogP contribution in [0.1, 0.15) is 16.2 Å². The molecule has 0 amide bonds. The van der Waals surface area contributed by atoms with Gasteiger partial charge in [-0.05, 0) is 25.1 Å². The summed E-state index contributed by atoms with van der Waals surface area (Å²) < 4.78 is 31.4. The summed E-state index contributed by atoms with van der Waals surface area (Å²) in [7, 11) is -2.55. The summed E-state index contributed by atoms with van der Waals surface area (Å²) in [5, 5.41) is 9.00. The number of aromatic carboxylic acids is 1. The van der Waals surface area contributed by atoms with Crippen LogP contribution in [0.5, 0.6) is 5.75 Å². The lowest BCUT2D eigenvalue weighted by atomic mass is 10.2. The Bertz CT molecular complexity index is 782. The number of hydrogen-bond donors (Lipinski definition) is 3. The van der Waals surface area contributed by atoms with Crippen LogP contribution in [0.25, 0.3) is 0 Å². The van der Waals surface area contributed by atoms with Gasteiger partial charge in [0.15, 0.2) is 5.03 Å². The molecule has 0 fully saturated rings. The van der Waals surface area contributed by atoms with E-state index >= 15 is 0 Å². The van der Waals surface area contributed by atoms with Crippen LogP contribution in [-0.2, 0) is 10.0 Å². The van der Waals surface area contributed by atoms with E-state index in [-0.39, 0.29) is 16.3 Å². The molecule has 0 saturated carbocycles. The molecule has 0 atom stereocenters. The molecule has 112 valence electrons. The van der Waals surface area contributed by atoms with E-state index in [9.17, 15) is 13.2 Å². The lowest BCUT2D eigenvalue weighted by Gasteiger charge is -2.10. The average molecular weight is 311 g/mol. The van der Waals surface area contributed by atoms with Crippen LogP contribution in [0, 0.1) is 6.92 Å². The van der Waals surface area contributed by atoms with Gasteiger partial charge >= 0.3 is 5.97 Å². The predicted octanol–water partition coefficient (Wildman–Crippen LogP) is 1.23. The zero-order valence-corrected chi connectivity index (χ0v) is 12.1. The van der Waals surface area contributed by atoms with Crippen molar-refractivity contribution >= 4 is 21.7 Å². The molecule has 8 nitrogen and oxygen atoms in total. The molecular formula is C12H13N3O5S. The highest BCUT2D eigenvalue weighted by Crippen LogP contribution is 2.24. The monoisotopic (exact) mass is 311 g/mol. The van der Waals surface area contributed by atoms with E-state index in [1.165, 1.54) is 25.3 Å². The molecule has 9 heteroatoms. The van der Waals surface area contributed by atoms with Crippen molar-refractivity contribution in [1.82, 2.24) is 9.97 Å². The average Bonchev–Trinajstić information content (AvgIpc) is 2.86. The fourth-order valence-electron chi connectivity index (χ4n) is 1.65. The van der Waals surface area contributed by atoms with Crippen LogP contribution >= 0.6 is 0 Å². The Morgan fingerprint density at radius 1 is 1.43 bits per heavy atom. The summed E-state index contributed by atoms with van der Waals surface area (Å²) in [4.78, 5) is 17.6. The number of sulfonamides is 1. The topological polar surface area (TPSA) is 121 Å². The third kappa shape index (κ3) is 3.14. The number of aromatic amines is 1. The Morgan fingerprint density at radius 2 is 2.14 bits per heavy atom. The normalized spacial score (nSPS) is 11.1. The molecule has 2 rings (SSSR count). The number of methoxy groups -OCH3 is 1. The molecule has 0 unspecified atom stereocenters. The second-order valence-electron chi connectivity index (χ2n) is 4.16. The first-order chi connectivity index (χ1) is 9.83. The van der Waals surface area contributed by atoms with Gasteiger partial charge in [-0.2, -0.15) is 8.42 Å². The number of aromatic nitrogens is 2. The highest BCUT2D eigenvalue weighted by atomic mass is 32.2. The number of H-pyrrole nitrogens is 1. The van der Waals surface area contributed by atoms with E-state index in [0.29, 0.717) is 11.6 Å². The van der Waals surface area contributed by atoms with Gasteiger partial charge in [0.1, 0.15) is 11.6 Å². The van der Waals surface area contributed by atoms with Gasteiger partial charge in [0, 0.05) is 0 Å². The maximum absolute atomic E-state index is 12.1. The number of benzene rings is 1. The standard InChI is InChI=1S/C12H13N3O5S/c1-7-13-6-11(14-7)21(18,19)15-10-4-3-8(20-2)5-9(10)12(16)17/h3-6,15H,1-2H3,(H,13,14)(H,16,17). The van der Waals surface area contributed by atoms with Crippen molar-refractivity contribution in [1.29, 1.82) is 0 Å². The molecule has 21 heavy (non-hydrogen) atoms. The molecule has 3 N–H and O–H groups in total. The molecule has 0 radical (unpaired) electrons. The van der Waals surface area contributed by atoms with Crippen LogP contribution in [0.2, 0.25) is 0 Å². The number of ether oxygens (including phenoxy) is 1. The number of anilines is 1. The van der Waals surface area contributed by atoms with Crippen LogP contribution in [0.15, 0.2) is 29.4 Å². The van der Waals surface area contributed by atoms with Crippen LogP contribution < -0.4 is 9.46 Å². The molecule has 1 heterocycles. The number of rotatable bonds is 5. The van der Waals surface area contributed by atoms with Crippen LogP contribution in [0.3, 0.4) is 0 Å². The fourth-order valence-corrected chi connectivity index (χ4v) is 2.70. The highest BCUT2D eigenvalue weighted by molar-refractivity contribution is 7.92. The highest BCUT2D eigenvalue weighted by Gasteiger charge is 2.20. The molecule has 2 aromatic rings. The van der Waals surface area contributed by atoms with Crippen molar-refractivity contribution in [3.63, 3.8) is 0 Å².